The fourth-order valence-corrected chi connectivity index (χ4v) is 5.16. The van der Waals surface area contributed by atoms with Crippen LogP contribution in [0.4, 0.5) is 0 Å². The summed E-state index contributed by atoms with van der Waals surface area (Å²) in [4.78, 5) is 19.3. The second-order valence-electron chi connectivity index (χ2n) is 8.18. The van der Waals surface area contributed by atoms with Crippen molar-refractivity contribution in [3.8, 4) is 22.3 Å². The lowest BCUT2D eigenvalue weighted by Crippen LogP contribution is -2.49. The van der Waals surface area contributed by atoms with Crippen LogP contribution >= 0.6 is 11.3 Å². The van der Waals surface area contributed by atoms with Gasteiger partial charge in [-0.25, -0.2) is 9.50 Å². The summed E-state index contributed by atoms with van der Waals surface area (Å²) in [6, 6.07) is 2.03. The van der Waals surface area contributed by atoms with Crippen molar-refractivity contribution < 1.29 is 4.79 Å². The van der Waals surface area contributed by atoms with Gasteiger partial charge in [-0.2, -0.15) is 10.2 Å². The highest BCUT2D eigenvalue weighted by Crippen LogP contribution is 2.33. The number of nitrogens with one attached hydrogen (secondary N) is 1. The van der Waals surface area contributed by atoms with Gasteiger partial charge in [-0.05, 0) is 25.8 Å². The van der Waals surface area contributed by atoms with Gasteiger partial charge >= 0.3 is 0 Å². The van der Waals surface area contributed by atoms with E-state index >= 15 is 0 Å². The van der Waals surface area contributed by atoms with Gasteiger partial charge in [0.15, 0.2) is 5.65 Å². The van der Waals surface area contributed by atoms with Crippen molar-refractivity contribution in [2.75, 3.05) is 0 Å². The molecule has 4 heterocycles. The highest BCUT2D eigenvalue weighted by Gasteiger charge is 2.25. The maximum Gasteiger partial charge on any atom is 0.261 e. The largest absolute Gasteiger partial charge is 0.347 e. The Morgan fingerprint density at radius 3 is 2.71 bits per heavy atom. The third-order valence-corrected chi connectivity index (χ3v) is 7.01. The molecule has 4 aromatic heterocycles. The van der Waals surface area contributed by atoms with E-state index in [0.717, 1.165) is 58.5 Å². The summed E-state index contributed by atoms with van der Waals surface area (Å²) in [5.74, 6) is -0.0509. The van der Waals surface area contributed by atoms with Crippen molar-refractivity contribution in [2.24, 2.45) is 12.8 Å². The zero-order valence-corrected chi connectivity index (χ0v) is 18.4. The molecule has 2 atom stereocenters. The Kier molecular flexibility index (Phi) is 5.07. The molecule has 1 aliphatic carbocycles. The van der Waals surface area contributed by atoms with E-state index < -0.39 is 0 Å². The number of carbonyl (C=O) groups is 1. The summed E-state index contributed by atoms with van der Waals surface area (Å²) in [5, 5.41) is 11.9. The van der Waals surface area contributed by atoms with E-state index in [0.29, 0.717) is 4.88 Å². The van der Waals surface area contributed by atoms with Crippen molar-refractivity contribution >= 4 is 22.9 Å². The number of carbonyl (C=O) groups excluding carboxylic acids is 1. The van der Waals surface area contributed by atoms with Crippen LogP contribution in [0.2, 0.25) is 0 Å². The van der Waals surface area contributed by atoms with Crippen LogP contribution in [0.5, 0.6) is 0 Å². The second-order valence-corrected chi connectivity index (χ2v) is 9.44. The zero-order valence-electron chi connectivity index (χ0n) is 17.6. The Hall–Kier alpha value is -3.04. The average Bonchev–Trinajstić information content (AvgIpc) is 3.47. The smallest absolute Gasteiger partial charge is 0.261 e. The lowest BCUT2D eigenvalue weighted by Gasteiger charge is -2.29. The normalized spacial score (nSPS) is 19.1. The van der Waals surface area contributed by atoms with Crippen LogP contribution in [0.1, 0.15) is 40.2 Å². The number of nitrogens with zero attached hydrogens (tertiary/aromatic N) is 5. The molecule has 3 N–H and O–H groups in total. The van der Waals surface area contributed by atoms with Gasteiger partial charge in [0.1, 0.15) is 0 Å². The molecule has 1 saturated carbocycles. The van der Waals surface area contributed by atoms with Gasteiger partial charge in [0.05, 0.1) is 17.3 Å². The van der Waals surface area contributed by atoms with Crippen LogP contribution in [0.15, 0.2) is 37.1 Å². The van der Waals surface area contributed by atoms with E-state index in [1.165, 1.54) is 11.3 Å². The molecule has 0 bridgehead atoms. The maximum atomic E-state index is 12.9. The first-order valence-electron chi connectivity index (χ1n) is 10.5. The number of nitrogens with two attached hydrogens (primary N) is 1. The molecule has 5 rings (SSSR count). The molecule has 0 spiro atoms. The van der Waals surface area contributed by atoms with E-state index in [9.17, 15) is 4.79 Å². The molecular formula is C22H25N7OS. The standard InChI is InChI=1S/C22H25N7OS/c1-13-16(7-20(31-13)22(30)27-19-6-4-3-5-18(19)23)17-10-26-29-12-14(8-24-21(17)29)15-9-25-28(2)11-15/h7-12,18-19H,3-6,23H2,1-2H3,(H,27,30)/t18-,19+/m0/s1. The molecule has 9 heteroatoms. The molecule has 31 heavy (non-hydrogen) atoms. The van der Waals surface area contributed by atoms with Crippen LogP contribution in [-0.2, 0) is 7.05 Å². The van der Waals surface area contributed by atoms with Crippen LogP contribution in [0.25, 0.3) is 27.9 Å². The van der Waals surface area contributed by atoms with Gasteiger partial charge in [-0.3, -0.25) is 9.48 Å². The second kappa shape index (κ2) is 7.90. The summed E-state index contributed by atoms with van der Waals surface area (Å²) >= 11 is 1.49. The molecule has 0 aromatic carbocycles. The Labute approximate surface area is 184 Å². The van der Waals surface area contributed by atoms with Crippen LogP contribution in [0, 0.1) is 6.92 Å². The highest BCUT2D eigenvalue weighted by molar-refractivity contribution is 7.14. The van der Waals surface area contributed by atoms with Crippen molar-refractivity contribution in [1.29, 1.82) is 0 Å². The Balaban J connectivity index is 1.42. The minimum Gasteiger partial charge on any atom is -0.347 e. The summed E-state index contributed by atoms with van der Waals surface area (Å²) in [6.07, 6.45) is 13.5. The molecule has 0 radical (unpaired) electrons. The molecule has 8 nitrogen and oxygen atoms in total. The fourth-order valence-electron chi connectivity index (χ4n) is 4.22. The summed E-state index contributed by atoms with van der Waals surface area (Å²) in [5.41, 5.74) is 10.8. The van der Waals surface area contributed by atoms with E-state index in [4.69, 9.17) is 5.73 Å². The van der Waals surface area contributed by atoms with Crippen molar-refractivity contribution in [2.45, 2.75) is 44.7 Å². The van der Waals surface area contributed by atoms with Crippen molar-refractivity contribution in [3.05, 3.63) is 46.8 Å². The molecule has 0 aliphatic heterocycles. The number of aryl methyl sites for hydroxylation is 2. The van der Waals surface area contributed by atoms with Crippen molar-refractivity contribution in [1.82, 2.24) is 29.7 Å². The van der Waals surface area contributed by atoms with Crippen molar-refractivity contribution in [3.63, 3.8) is 0 Å². The van der Waals surface area contributed by atoms with Gasteiger partial charge < -0.3 is 11.1 Å². The number of thiophene rings is 1. The molecule has 160 valence electrons. The van der Waals surface area contributed by atoms with E-state index in [1.807, 2.05) is 44.8 Å². The number of fused-ring (bicyclic) bond motifs is 1. The van der Waals surface area contributed by atoms with Crippen LogP contribution < -0.4 is 11.1 Å². The third kappa shape index (κ3) is 3.75. The monoisotopic (exact) mass is 435 g/mol. The predicted octanol–water partition coefficient (Wildman–Crippen LogP) is 3.17. The molecule has 1 aliphatic rings. The van der Waals surface area contributed by atoms with Gasteiger partial charge in [0.2, 0.25) is 0 Å². The van der Waals surface area contributed by atoms with Gasteiger partial charge in [0.25, 0.3) is 5.91 Å². The fraction of sp³-hybridized carbons (Fsp3) is 0.364. The first-order valence-corrected chi connectivity index (χ1v) is 11.3. The molecule has 1 fully saturated rings. The van der Waals surface area contributed by atoms with Crippen LogP contribution in [-0.4, -0.2) is 42.4 Å². The topological polar surface area (TPSA) is 103 Å². The quantitative estimate of drug-likeness (QED) is 0.512. The van der Waals surface area contributed by atoms with E-state index in [2.05, 4.69) is 20.5 Å². The van der Waals surface area contributed by atoms with E-state index in [-0.39, 0.29) is 18.0 Å². The lowest BCUT2D eigenvalue weighted by molar-refractivity contribution is 0.0925. The minimum absolute atomic E-state index is 0.0380. The van der Waals surface area contributed by atoms with Crippen LogP contribution in [0.3, 0.4) is 0 Å². The Morgan fingerprint density at radius 1 is 1.13 bits per heavy atom. The number of amides is 1. The summed E-state index contributed by atoms with van der Waals surface area (Å²) in [7, 11) is 1.89. The van der Waals surface area contributed by atoms with E-state index in [1.54, 1.807) is 15.4 Å². The predicted molar refractivity (Wildman–Crippen MR) is 121 cm³/mol. The molecule has 0 unspecified atom stereocenters. The first-order chi connectivity index (χ1) is 15.0. The highest BCUT2D eigenvalue weighted by atomic mass is 32.1. The van der Waals surface area contributed by atoms with Gasteiger partial charge in [0, 0.05) is 64.9 Å². The molecule has 1 amide bonds. The molecule has 0 saturated heterocycles. The molecule has 4 aromatic rings. The number of hydrogen-bond donors (Lipinski definition) is 2. The summed E-state index contributed by atoms with van der Waals surface area (Å²) in [6.45, 7) is 2.02. The first kappa shape index (κ1) is 19.9. The number of hydrogen-bond acceptors (Lipinski definition) is 6. The maximum absolute atomic E-state index is 12.9. The van der Waals surface area contributed by atoms with Gasteiger partial charge in [-0.15, -0.1) is 11.3 Å². The minimum atomic E-state index is -0.0509. The Bertz CT molecular complexity index is 1250. The third-order valence-electron chi connectivity index (χ3n) is 5.96. The zero-order chi connectivity index (χ0) is 21.5. The molecular weight excluding hydrogens is 410 g/mol. The van der Waals surface area contributed by atoms with Gasteiger partial charge in [-0.1, -0.05) is 12.8 Å². The summed E-state index contributed by atoms with van der Waals surface area (Å²) < 4.78 is 3.53. The Morgan fingerprint density at radius 2 is 1.94 bits per heavy atom. The number of aromatic nitrogens is 5. The SMILES string of the molecule is Cc1sc(C(=O)N[C@@H]2CCCC[C@@H]2N)cc1-c1cnn2cc(-c3cnn(C)c3)cnc12. The lowest BCUT2D eigenvalue weighted by atomic mass is 9.91. The average molecular weight is 436 g/mol. The number of rotatable bonds is 4.